The number of hydrogen-bond donors (Lipinski definition) is 0. The lowest BCUT2D eigenvalue weighted by Crippen LogP contribution is -1.90. The van der Waals surface area contributed by atoms with Crippen molar-refractivity contribution >= 4 is 0 Å². The second-order valence-electron chi connectivity index (χ2n) is 2.55. The molecule has 0 bridgehead atoms. The lowest BCUT2D eigenvalue weighted by Gasteiger charge is -2.08. The standard InChI is InChI=1S/C8H11F/c1-6-3-4-8(9)5-7(6)2/h5H,3-4H2,1-2H3. The van der Waals surface area contributed by atoms with Gasteiger partial charge in [-0.1, -0.05) is 5.57 Å². The molecule has 1 aliphatic carbocycles. The molecule has 0 heterocycles. The van der Waals surface area contributed by atoms with Gasteiger partial charge >= 0.3 is 0 Å². The molecule has 0 amide bonds. The minimum Gasteiger partial charge on any atom is -0.212 e. The minimum atomic E-state index is 0.0260. The van der Waals surface area contributed by atoms with Crippen molar-refractivity contribution in [3.8, 4) is 0 Å². The van der Waals surface area contributed by atoms with E-state index in [0.717, 1.165) is 12.0 Å². The molecule has 0 spiro atoms. The molecule has 0 saturated heterocycles. The van der Waals surface area contributed by atoms with Gasteiger partial charge in [-0.05, 0) is 31.9 Å². The van der Waals surface area contributed by atoms with E-state index >= 15 is 0 Å². The second-order valence-corrected chi connectivity index (χ2v) is 2.55. The first-order valence-electron chi connectivity index (χ1n) is 3.22. The van der Waals surface area contributed by atoms with Gasteiger partial charge in [-0.25, -0.2) is 4.39 Å². The van der Waals surface area contributed by atoms with Crippen LogP contribution in [0.5, 0.6) is 0 Å². The second kappa shape index (κ2) is 2.34. The third kappa shape index (κ3) is 1.41. The van der Waals surface area contributed by atoms with Crippen LogP contribution in [0.3, 0.4) is 0 Å². The van der Waals surface area contributed by atoms with Gasteiger partial charge < -0.3 is 0 Å². The summed E-state index contributed by atoms with van der Waals surface area (Å²) in [4.78, 5) is 0. The SMILES string of the molecule is CC1=C(C)CCC(F)=C1. The van der Waals surface area contributed by atoms with Crippen LogP contribution in [0.25, 0.3) is 0 Å². The molecular weight excluding hydrogens is 115 g/mol. The van der Waals surface area contributed by atoms with E-state index < -0.39 is 0 Å². The molecule has 50 valence electrons. The largest absolute Gasteiger partial charge is 0.212 e. The molecule has 0 unspecified atom stereocenters. The third-order valence-electron chi connectivity index (χ3n) is 1.79. The summed E-state index contributed by atoms with van der Waals surface area (Å²) in [5.41, 5.74) is 2.41. The maximum absolute atomic E-state index is 12.4. The van der Waals surface area contributed by atoms with Crippen LogP contribution in [0.4, 0.5) is 4.39 Å². The average Bonchev–Trinajstić information content (AvgIpc) is 1.80. The lowest BCUT2D eigenvalue weighted by molar-refractivity contribution is 0.579. The topological polar surface area (TPSA) is 0 Å². The highest BCUT2D eigenvalue weighted by Crippen LogP contribution is 2.23. The van der Waals surface area contributed by atoms with Gasteiger partial charge in [-0.15, -0.1) is 0 Å². The molecule has 0 fully saturated rings. The Balaban J connectivity index is 2.83. The maximum atomic E-state index is 12.4. The van der Waals surface area contributed by atoms with E-state index in [4.69, 9.17) is 0 Å². The molecule has 0 nitrogen and oxygen atoms in total. The third-order valence-corrected chi connectivity index (χ3v) is 1.79. The molecule has 0 atom stereocenters. The molecule has 9 heavy (non-hydrogen) atoms. The zero-order chi connectivity index (χ0) is 6.85. The van der Waals surface area contributed by atoms with E-state index in [1.807, 2.05) is 6.92 Å². The summed E-state index contributed by atoms with van der Waals surface area (Å²) >= 11 is 0. The zero-order valence-corrected chi connectivity index (χ0v) is 5.87. The summed E-state index contributed by atoms with van der Waals surface area (Å²) < 4.78 is 12.4. The summed E-state index contributed by atoms with van der Waals surface area (Å²) in [6, 6.07) is 0. The fourth-order valence-electron chi connectivity index (χ4n) is 0.934. The Bertz CT molecular complexity index is 175. The van der Waals surface area contributed by atoms with Gasteiger partial charge in [0.1, 0.15) is 5.83 Å². The van der Waals surface area contributed by atoms with Crippen molar-refractivity contribution in [3.05, 3.63) is 23.0 Å². The van der Waals surface area contributed by atoms with Crippen molar-refractivity contribution in [1.82, 2.24) is 0 Å². The number of allylic oxidation sites excluding steroid dienone is 4. The Labute approximate surface area is 55.1 Å². The van der Waals surface area contributed by atoms with Crippen LogP contribution in [0.2, 0.25) is 0 Å². The van der Waals surface area contributed by atoms with Crippen LogP contribution in [-0.2, 0) is 0 Å². The summed E-state index contributed by atoms with van der Waals surface area (Å²) in [5.74, 6) is 0.0260. The van der Waals surface area contributed by atoms with E-state index in [-0.39, 0.29) is 5.83 Å². The molecule has 1 rings (SSSR count). The molecule has 0 N–H and O–H groups in total. The first-order chi connectivity index (χ1) is 4.20. The summed E-state index contributed by atoms with van der Waals surface area (Å²) in [6.07, 6.45) is 3.12. The van der Waals surface area contributed by atoms with Crippen LogP contribution in [0, 0.1) is 0 Å². The Morgan fingerprint density at radius 1 is 1.33 bits per heavy atom. The van der Waals surface area contributed by atoms with Crippen LogP contribution >= 0.6 is 0 Å². The van der Waals surface area contributed by atoms with Crippen molar-refractivity contribution in [2.75, 3.05) is 0 Å². The Hall–Kier alpha value is -0.590. The Morgan fingerprint density at radius 2 is 2.00 bits per heavy atom. The van der Waals surface area contributed by atoms with Gasteiger partial charge in [-0.2, -0.15) is 0 Å². The highest BCUT2D eigenvalue weighted by Gasteiger charge is 2.04. The van der Waals surface area contributed by atoms with E-state index in [1.165, 1.54) is 5.57 Å². The van der Waals surface area contributed by atoms with E-state index in [9.17, 15) is 4.39 Å². The van der Waals surface area contributed by atoms with Crippen LogP contribution in [0.15, 0.2) is 23.0 Å². The fraction of sp³-hybridized carbons (Fsp3) is 0.500. The molecule has 0 aromatic carbocycles. The predicted octanol–water partition coefficient (Wildman–Crippen LogP) is 2.97. The summed E-state index contributed by atoms with van der Waals surface area (Å²) in [7, 11) is 0. The molecule has 1 heteroatoms. The van der Waals surface area contributed by atoms with Crippen molar-refractivity contribution in [3.63, 3.8) is 0 Å². The lowest BCUT2D eigenvalue weighted by atomic mass is 10.00. The molecule has 0 aromatic rings. The van der Waals surface area contributed by atoms with Crippen molar-refractivity contribution < 1.29 is 4.39 Å². The smallest absolute Gasteiger partial charge is 0.100 e. The van der Waals surface area contributed by atoms with E-state index in [0.29, 0.717) is 6.42 Å². The summed E-state index contributed by atoms with van der Waals surface area (Å²) in [6.45, 7) is 4.01. The van der Waals surface area contributed by atoms with E-state index in [2.05, 4.69) is 6.92 Å². The van der Waals surface area contributed by atoms with Crippen molar-refractivity contribution in [1.29, 1.82) is 0 Å². The highest BCUT2D eigenvalue weighted by atomic mass is 19.1. The molecular formula is C8H11F. The van der Waals surface area contributed by atoms with Gasteiger partial charge in [-0.3, -0.25) is 0 Å². The fourth-order valence-corrected chi connectivity index (χ4v) is 0.934. The first kappa shape index (κ1) is 6.53. The normalized spacial score (nSPS) is 20.1. The van der Waals surface area contributed by atoms with Gasteiger partial charge in [0.2, 0.25) is 0 Å². The molecule has 0 radical (unpaired) electrons. The number of rotatable bonds is 0. The van der Waals surface area contributed by atoms with Crippen LogP contribution in [-0.4, -0.2) is 0 Å². The quantitative estimate of drug-likeness (QED) is 0.468. The van der Waals surface area contributed by atoms with Gasteiger partial charge in [0, 0.05) is 6.42 Å². The van der Waals surface area contributed by atoms with Gasteiger partial charge in [0.15, 0.2) is 0 Å². The van der Waals surface area contributed by atoms with Gasteiger partial charge in [0.05, 0.1) is 0 Å². The highest BCUT2D eigenvalue weighted by molar-refractivity contribution is 5.28. The van der Waals surface area contributed by atoms with E-state index in [1.54, 1.807) is 6.08 Å². The number of halogens is 1. The first-order valence-corrected chi connectivity index (χ1v) is 3.22. The number of hydrogen-bond acceptors (Lipinski definition) is 0. The molecule has 1 aliphatic rings. The van der Waals surface area contributed by atoms with Crippen molar-refractivity contribution in [2.45, 2.75) is 26.7 Å². The molecule has 0 aliphatic heterocycles. The Morgan fingerprint density at radius 3 is 2.44 bits per heavy atom. The zero-order valence-electron chi connectivity index (χ0n) is 5.87. The minimum absolute atomic E-state index is 0.0260. The average molecular weight is 126 g/mol. The molecule has 0 saturated carbocycles. The van der Waals surface area contributed by atoms with Crippen LogP contribution < -0.4 is 0 Å². The Kier molecular flexibility index (Phi) is 1.70. The maximum Gasteiger partial charge on any atom is 0.100 e. The van der Waals surface area contributed by atoms with Crippen LogP contribution in [0.1, 0.15) is 26.7 Å². The van der Waals surface area contributed by atoms with Crippen molar-refractivity contribution in [2.24, 2.45) is 0 Å². The monoisotopic (exact) mass is 126 g/mol. The predicted molar refractivity (Wildman–Crippen MR) is 36.8 cm³/mol. The summed E-state index contributed by atoms with van der Waals surface area (Å²) in [5, 5.41) is 0. The van der Waals surface area contributed by atoms with Gasteiger partial charge in [0.25, 0.3) is 0 Å². The molecule has 0 aromatic heterocycles.